The maximum absolute atomic E-state index is 15.1. The van der Waals surface area contributed by atoms with Gasteiger partial charge in [0.25, 0.3) is 0 Å². The quantitative estimate of drug-likeness (QED) is 0.0304. The molecular weight excluding hydrogens is 1160 g/mol. The Morgan fingerprint density at radius 2 is 1.60 bits per heavy atom. The Morgan fingerprint density at radius 3 is 2.33 bits per heavy atom. The van der Waals surface area contributed by atoms with Gasteiger partial charge in [-0.05, 0) is 94.6 Å². The van der Waals surface area contributed by atoms with Gasteiger partial charge in [-0.2, -0.15) is 11.8 Å². The van der Waals surface area contributed by atoms with Crippen LogP contribution in [0.25, 0.3) is 10.8 Å². The summed E-state index contributed by atoms with van der Waals surface area (Å²) >= 11 is 1.88. The number of benzene rings is 1. The topological polar surface area (TPSA) is 301 Å². The number of Topliss-reactive ketones (excluding diaryl/α,β-unsaturated/α-hetero) is 3. The minimum atomic E-state index is -3.95. The molecule has 25 heteroatoms. The lowest BCUT2D eigenvalue weighted by Gasteiger charge is -2.30. The number of unbranched alkanes of at least 4 members (excludes halogenated alkanes) is 2. The van der Waals surface area contributed by atoms with Crippen molar-refractivity contribution in [1.29, 1.82) is 0 Å². The van der Waals surface area contributed by atoms with E-state index in [0.717, 1.165) is 36.0 Å². The van der Waals surface area contributed by atoms with Gasteiger partial charge in [0, 0.05) is 106 Å². The van der Waals surface area contributed by atoms with Gasteiger partial charge in [0.15, 0.2) is 5.78 Å². The second-order valence-corrected chi connectivity index (χ2v) is 27.7. The van der Waals surface area contributed by atoms with E-state index in [9.17, 15) is 46.8 Å². The number of pyridine rings is 1. The third-order valence-electron chi connectivity index (χ3n) is 17.8. The molecule has 0 spiro atoms. The van der Waals surface area contributed by atoms with Crippen molar-refractivity contribution in [2.24, 2.45) is 17.3 Å². The molecule has 2 aliphatic carbocycles. The molecule has 5 aliphatic heterocycles. The summed E-state index contributed by atoms with van der Waals surface area (Å²) in [5, 5.41) is 10.2. The predicted octanol–water partition coefficient (Wildman–Crippen LogP) is 4.72. The molecule has 2 saturated carbocycles. The lowest BCUT2D eigenvalue weighted by atomic mass is 9.90. The van der Waals surface area contributed by atoms with Crippen LogP contribution in [-0.4, -0.2) is 188 Å². The van der Waals surface area contributed by atoms with E-state index in [0.29, 0.717) is 108 Å². The molecule has 87 heavy (non-hydrogen) atoms. The van der Waals surface area contributed by atoms with Crippen LogP contribution >= 0.6 is 11.8 Å². The maximum atomic E-state index is 15.1. The number of fused-ring (bicyclic) bond motifs is 4. The number of nitrogens with one attached hydrogen (secondary N) is 4. The zero-order chi connectivity index (χ0) is 61.7. The van der Waals surface area contributed by atoms with Crippen molar-refractivity contribution in [1.82, 2.24) is 35.5 Å². The van der Waals surface area contributed by atoms with E-state index in [1.807, 2.05) is 43.0 Å². The van der Waals surface area contributed by atoms with Crippen LogP contribution in [-0.2, 0) is 67.3 Å². The summed E-state index contributed by atoms with van der Waals surface area (Å²) in [6, 6.07) is 6.06. The van der Waals surface area contributed by atoms with Crippen molar-refractivity contribution in [3.63, 3.8) is 0 Å². The number of hydrogen-bond donors (Lipinski definition) is 4. The SMILES string of the molecule is C=C[C@H]1CC1(CC(=O)[C@@H]1CC(Oc2nccc3cc(C)ccc23)CN1C(=O)[C@H](CCC(=O)N1C[C@H]2C[C@H]1C(=O)O2)CC(=O)CCCC(=O)CCCCOCCOCCOCCCNC(=O)CCCC[C@@H]1SC[C@@H]2NC(=O)N[C@@H]21)C(=O)NS(=O)(=O)C1CC1. The van der Waals surface area contributed by atoms with Crippen molar-refractivity contribution < 1.29 is 75.3 Å². The monoisotopic (exact) mass is 1250 g/mol. The Morgan fingerprint density at radius 1 is 0.862 bits per heavy atom. The van der Waals surface area contributed by atoms with Crippen molar-refractivity contribution >= 4 is 85.5 Å². The molecule has 7 aliphatic rings. The van der Waals surface area contributed by atoms with Gasteiger partial charge < -0.3 is 49.4 Å². The molecular formula is C62H85N7O16S2. The number of ketones is 3. The van der Waals surface area contributed by atoms with E-state index in [1.165, 1.54) is 15.9 Å². The predicted molar refractivity (Wildman–Crippen MR) is 321 cm³/mol. The first kappa shape index (κ1) is 65.4. The molecule has 2 unspecified atom stereocenters. The van der Waals surface area contributed by atoms with Gasteiger partial charge in [0.05, 0.1) is 68.3 Å². The van der Waals surface area contributed by atoms with Crippen LogP contribution in [0.2, 0.25) is 0 Å². The summed E-state index contributed by atoms with van der Waals surface area (Å²) in [6.45, 7) is 9.02. The molecule has 1 aromatic heterocycles. The number of hydrogen-bond acceptors (Lipinski definition) is 18. The summed E-state index contributed by atoms with van der Waals surface area (Å²) < 4.78 is 56.8. The molecule has 2 bridgehead atoms. The lowest BCUT2D eigenvalue weighted by Crippen LogP contribution is -2.47. The van der Waals surface area contributed by atoms with Crippen LogP contribution in [0.15, 0.2) is 43.1 Å². The van der Waals surface area contributed by atoms with Crippen molar-refractivity contribution in [3.05, 3.63) is 48.7 Å². The normalized spacial score (nSPS) is 25.6. The summed E-state index contributed by atoms with van der Waals surface area (Å²) in [5.74, 6) is -3.36. The maximum Gasteiger partial charge on any atom is 0.329 e. The summed E-state index contributed by atoms with van der Waals surface area (Å²) in [7, 11) is -3.95. The first-order valence-electron chi connectivity index (χ1n) is 31.2. The molecule has 23 nitrogen and oxygen atoms in total. The van der Waals surface area contributed by atoms with Crippen LogP contribution in [0.1, 0.15) is 134 Å². The fourth-order valence-electron chi connectivity index (χ4n) is 12.7. The average molecular weight is 1250 g/mol. The number of thioether (sulfide) groups is 1. The molecule has 1 aromatic carbocycles. The first-order chi connectivity index (χ1) is 41.9. The molecule has 6 heterocycles. The Balaban J connectivity index is 0.696. The van der Waals surface area contributed by atoms with E-state index in [1.54, 1.807) is 6.20 Å². The van der Waals surface area contributed by atoms with E-state index < -0.39 is 80.4 Å². The van der Waals surface area contributed by atoms with E-state index in [-0.39, 0.29) is 118 Å². The number of esters is 1. The third kappa shape index (κ3) is 17.7. The number of morpholine rings is 1. The van der Waals surface area contributed by atoms with Gasteiger partial charge in [0.1, 0.15) is 29.8 Å². The number of sulfonamides is 1. The highest BCUT2D eigenvalue weighted by Crippen LogP contribution is 2.57. The molecule has 476 valence electrons. The molecule has 7 fully saturated rings. The number of likely N-dealkylation sites (tertiary alicyclic amines) is 2. The van der Waals surface area contributed by atoms with Crippen molar-refractivity contribution in [3.8, 4) is 5.88 Å². The summed E-state index contributed by atoms with van der Waals surface area (Å²) in [6.07, 6.45) is 8.32. The molecule has 10 atom stereocenters. The largest absolute Gasteiger partial charge is 0.472 e. The highest BCUT2D eigenvalue weighted by molar-refractivity contribution is 8.00. The number of carbonyl (C=O) groups is 9. The number of aromatic nitrogens is 1. The minimum absolute atomic E-state index is 0.00161. The second-order valence-electron chi connectivity index (χ2n) is 24.4. The van der Waals surface area contributed by atoms with Gasteiger partial charge in [-0.3, -0.25) is 38.3 Å². The number of rotatable bonds is 39. The van der Waals surface area contributed by atoms with Crippen molar-refractivity contribution in [2.45, 2.75) is 182 Å². The Bertz CT molecular complexity index is 2980. The Labute approximate surface area is 513 Å². The molecule has 4 N–H and O–H groups in total. The lowest BCUT2D eigenvalue weighted by molar-refractivity contribution is -0.157. The molecule has 2 aromatic rings. The van der Waals surface area contributed by atoms with Crippen LogP contribution in [0.4, 0.5) is 4.79 Å². The van der Waals surface area contributed by atoms with Crippen molar-refractivity contribution in [2.75, 3.05) is 65.0 Å². The number of carbonyl (C=O) groups excluding carboxylic acids is 9. The first-order valence-corrected chi connectivity index (χ1v) is 33.8. The number of allylic oxidation sites excluding steroid dienone is 1. The molecule has 5 saturated heterocycles. The smallest absolute Gasteiger partial charge is 0.329 e. The Hall–Kier alpha value is -6.02. The Kier molecular flexibility index (Phi) is 22.9. The van der Waals surface area contributed by atoms with E-state index in [4.69, 9.17) is 23.7 Å². The van der Waals surface area contributed by atoms with E-state index in [2.05, 4.69) is 32.2 Å². The van der Waals surface area contributed by atoms with Gasteiger partial charge in [-0.25, -0.2) is 23.0 Å². The van der Waals surface area contributed by atoms with Gasteiger partial charge in [0.2, 0.25) is 39.5 Å². The van der Waals surface area contributed by atoms with Crippen LogP contribution in [0, 0.1) is 24.2 Å². The van der Waals surface area contributed by atoms with Gasteiger partial charge >= 0.3 is 12.0 Å². The van der Waals surface area contributed by atoms with E-state index >= 15 is 4.79 Å². The number of ether oxygens (including phenoxy) is 5. The third-order valence-corrected chi connectivity index (χ3v) is 21.2. The minimum Gasteiger partial charge on any atom is -0.472 e. The second kappa shape index (κ2) is 30.5. The summed E-state index contributed by atoms with van der Waals surface area (Å²) in [4.78, 5) is 128. The molecule has 6 amide bonds. The zero-order valence-electron chi connectivity index (χ0n) is 49.8. The van der Waals surface area contributed by atoms with Crippen LogP contribution < -0.4 is 25.4 Å². The highest BCUT2D eigenvalue weighted by atomic mass is 32.2. The fourth-order valence-corrected chi connectivity index (χ4v) is 15.6. The highest BCUT2D eigenvalue weighted by Gasteiger charge is 2.61. The molecule has 9 rings (SSSR count). The summed E-state index contributed by atoms with van der Waals surface area (Å²) in [5.41, 5.74) is -0.378. The van der Waals surface area contributed by atoms with Crippen LogP contribution in [0.5, 0.6) is 5.88 Å². The van der Waals surface area contributed by atoms with Crippen LogP contribution in [0.3, 0.4) is 0 Å². The number of aryl methyl sites for hydroxylation is 1. The number of nitrogens with zero attached hydrogens (tertiary/aromatic N) is 3. The standard InChI is InChI=1S/C62H85N7O16S2/c1-3-42-34-62(42,60(77)67-87(79,80)47-17-18-47)35-52(72)50-32-45(84-57-48-19-15-39(2)30-40(48)21-23-64-57)37-69(50)58(75)41(16-20-55(74)68-36-46-33-51(68)59(76)85-46)31-44(71)12-8-11-43(70)10-6-7-24-81-26-28-83-29-27-82-25-9-22-63-54(73)14-5-4-13-53-56-49(38-86-53)65-61(78)66-56/h3,15,19,21,23,30,41-42,45-47,49-51,53,56H,1,4-14,16-18,20,22,24-29,31-38H2,2H3,(H,63,73)(H,67,77)(H2,65,66,78)/t41-,42+,45?,46-,49+,50+,51+,53+,56+,62?/m1/s1. The number of amides is 6. The molecule has 0 radical (unpaired) electrons. The zero-order valence-corrected chi connectivity index (χ0v) is 51.5. The average Bonchev–Trinajstić information content (AvgIpc) is 1.61. The van der Waals surface area contributed by atoms with Gasteiger partial charge in [-0.1, -0.05) is 30.2 Å². The van der Waals surface area contributed by atoms with Gasteiger partial charge in [-0.15, -0.1) is 6.58 Å². The fraction of sp³-hybridized carbons (Fsp3) is 0.677. The number of urea groups is 1.